The van der Waals surface area contributed by atoms with Crippen LogP contribution in [0.1, 0.15) is 9.67 Å². The summed E-state index contributed by atoms with van der Waals surface area (Å²) < 4.78 is 0. The molecule has 0 aliphatic rings. The first-order chi connectivity index (χ1) is 6.86. The van der Waals surface area contributed by atoms with Crippen molar-refractivity contribution in [2.24, 2.45) is 0 Å². The molecule has 0 saturated heterocycles. The van der Waals surface area contributed by atoms with Crippen LogP contribution < -0.4 is 5.32 Å². The van der Waals surface area contributed by atoms with E-state index >= 15 is 0 Å². The maximum Gasteiger partial charge on any atom is 0.268 e. The van der Waals surface area contributed by atoms with E-state index in [2.05, 4.69) is 15.3 Å². The minimum absolute atomic E-state index is 0. The van der Waals surface area contributed by atoms with Crippen LogP contribution in [0.25, 0.3) is 0 Å². The number of nitrogens with zero attached hydrogens (tertiary/aromatic N) is 2. The molecule has 1 amide bonds. The van der Waals surface area contributed by atoms with Crippen LogP contribution in [0.4, 0.5) is 5.95 Å². The molecule has 2 heterocycles. The number of anilines is 1. The minimum atomic E-state index is -0.175. The van der Waals surface area contributed by atoms with Crippen LogP contribution >= 0.6 is 23.7 Å². The Morgan fingerprint density at radius 2 is 2.00 bits per heavy atom. The molecular weight excluding hydrogens is 234 g/mol. The lowest BCUT2D eigenvalue weighted by molar-refractivity contribution is 0.102. The van der Waals surface area contributed by atoms with Gasteiger partial charge >= 0.3 is 0 Å². The topological polar surface area (TPSA) is 54.9 Å². The molecule has 0 saturated carbocycles. The molecule has 0 radical (unpaired) electrons. The molecule has 2 aromatic rings. The number of halogens is 1. The van der Waals surface area contributed by atoms with Gasteiger partial charge in [-0.1, -0.05) is 6.07 Å². The van der Waals surface area contributed by atoms with Gasteiger partial charge in [0.1, 0.15) is 0 Å². The zero-order chi connectivity index (χ0) is 9.80. The van der Waals surface area contributed by atoms with Crippen molar-refractivity contribution in [1.29, 1.82) is 0 Å². The molecule has 15 heavy (non-hydrogen) atoms. The summed E-state index contributed by atoms with van der Waals surface area (Å²) in [6.45, 7) is 0. The van der Waals surface area contributed by atoms with E-state index in [4.69, 9.17) is 0 Å². The number of aromatic nitrogens is 2. The second kappa shape index (κ2) is 5.43. The minimum Gasteiger partial charge on any atom is -0.290 e. The molecule has 0 unspecified atom stereocenters. The Morgan fingerprint density at radius 1 is 1.27 bits per heavy atom. The van der Waals surface area contributed by atoms with E-state index < -0.39 is 0 Å². The lowest BCUT2D eigenvalue weighted by Gasteiger charge is -1.99. The fourth-order valence-electron chi connectivity index (χ4n) is 0.935. The molecule has 78 valence electrons. The lowest BCUT2D eigenvalue weighted by atomic mass is 10.4. The van der Waals surface area contributed by atoms with Gasteiger partial charge in [-0.3, -0.25) is 10.1 Å². The zero-order valence-corrected chi connectivity index (χ0v) is 9.22. The predicted molar refractivity (Wildman–Crippen MR) is 61.6 cm³/mol. The largest absolute Gasteiger partial charge is 0.290 e. The smallest absolute Gasteiger partial charge is 0.268 e. The predicted octanol–water partition coefficient (Wildman–Crippen LogP) is 2.21. The van der Waals surface area contributed by atoms with E-state index in [1.807, 2.05) is 11.4 Å². The first-order valence-corrected chi connectivity index (χ1v) is 4.86. The SMILES string of the molecule is Cl.O=C(Nc1ncccn1)c1cccs1. The fraction of sp³-hybridized carbons (Fsp3) is 0. The van der Waals surface area contributed by atoms with Crippen molar-refractivity contribution < 1.29 is 4.79 Å². The number of hydrogen-bond acceptors (Lipinski definition) is 4. The zero-order valence-electron chi connectivity index (χ0n) is 7.58. The van der Waals surface area contributed by atoms with E-state index in [0.29, 0.717) is 10.8 Å². The van der Waals surface area contributed by atoms with Gasteiger partial charge in [-0.15, -0.1) is 23.7 Å². The highest BCUT2D eigenvalue weighted by Gasteiger charge is 2.06. The summed E-state index contributed by atoms with van der Waals surface area (Å²) in [4.78, 5) is 19.9. The molecule has 0 atom stereocenters. The summed E-state index contributed by atoms with van der Waals surface area (Å²) in [5, 5.41) is 4.44. The molecule has 0 aliphatic heterocycles. The summed E-state index contributed by atoms with van der Waals surface area (Å²) in [6.07, 6.45) is 3.16. The average Bonchev–Trinajstić information content (AvgIpc) is 2.72. The van der Waals surface area contributed by atoms with Gasteiger partial charge in [-0.25, -0.2) is 9.97 Å². The summed E-state index contributed by atoms with van der Waals surface area (Å²) in [6, 6.07) is 5.27. The molecular formula is C9H8ClN3OS. The number of hydrogen-bond donors (Lipinski definition) is 1. The normalized spacial score (nSPS) is 9.07. The van der Waals surface area contributed by atoms with Gasteiger partial charge in [0.2, 0.25) is 5.95 Å². The monoisotopic (exact) mass is 241 g/mol. The second-order valence-electron chi connectivity index (χ2n) is 2.50. The van der Waals surface area contributed by atoms with Gasteiger partial charge in [0.15, 0.2) is 0 Å². The number of carbonyl (C=O) groups excluding carboxylic acids is 1. The molecule has 0 aliphatic carbocycles. The molecule has 4 nitrogen and oxygen atoms in total. The quantitative estimate of drug-likeness (QED) is 0.877. The first kappa shape index (κ1) is 11.6. The van der Waals surface area contributed by atoms with Crippen molar-refractivity contribution in [3.05, 3.63) is 40.8 Å². The van der Waals surface area contributed by atoms with Crippen LogP contribution in [0.3, 0.4) is 0 Å². The highest BCUT2D eigenvalue weighted by Crippen LogP contribution is 2.09. The van der Waals surface area contributed by atoms with Crippen LogP contribution in [0.15, 0.2) is 36.0 Å². The van der Waals surface area contributed by atoms with Crippen molar-refractivity contribution in [1.82, 2.24) is 9.97 Å². The Balaban J connectivity index is 0.00000112. The first-order valence-electron chi connectivity index (χ1n) is 3.98. The molecule has 0 fully saturated rings. The average molecular weight is 242 g/mol. The molecule has 0 spiro atoms. The van der Waals surface area contributed by atoms with Crippen LogP contribution in [0.5, 0.6) is 0 Å². The Hall–Kier alpha value is -1.46. The van der Waals surface area contributed by atoms with Crippen LogP contribution in [-0.4, -0.2) is 15.9 Å². The highest BCUT2D eigenvalue weighted by molar-refractivity contribution is 7.12. The lowest BCUT2D eigenvalue weighted by Crippen LogP contribution is -2.12. The van der Waals surface area contributed by atoms with Crippen LogP contribution in [-0.2, 0) is 0 Å². The van der Waals surface area contributed by atoms with Gasteiger partial charge < -0.3 is 0 Å². The summed E-state index contributed by atoms with van der Waals surface area (Å²) in [5.41, 5.74) is 0. The van der Waals surface area contributed by atoms with Gasteiger partial charge in [0.25, 0.3) is 5.91 Å². The Morgan fingerprint density at radius 3 is 2.60 bits per heavy atom. The van der Waals surface area contributed by atoms with Crippen molar-refractivity contribution in [3.8, 4) is 0 Å². The number of thiophene rings is 1. The third-order valence-electron chi connectivity index (χ3n) is 1.54. The van der Waals surface area contributed by atoms with Crippen molar-refractivity contribution >= 4 is 35.6 Å². The van der Waals surface area contributed by atoms with Crippen molar-refractivity contribution in [3.63, 3.8) is 0 Å². The van der Waals surface area contributed by atoms with Gasteiger partial charge in [-0.05, 0) is 17.5 Å². The van der Waals surface area contributed by atoms with Crippen LogP contribution in [0, 0.1) is 0 Å². The van der Waals surface area contributed by atoms with Gasteiger partial charge in [0, 0.05) is 12.4 Å². The maximum atomic E-state index is 11.5. The fourth-order valence-corrected chi connectivity index (χ4v) is 1.55. The van der Waals surface area contributed by atoms with Gasteiger partial charge in [-0.2, -0.15) is 0 Å². The van der Waals surface area contributed by atoms with Crippen molar-refractivity contribution in [2.45, 2.75) is 0 Å². The van der Waals surface area contributed by atoms with Crippen LogP contribution in [0.2, 0.25) is 0 Å². The molecule has 1 N–H and O–H groups in total. The van der Waals surface area contributed by atoms with Crippen molar-refractivity contribution in [2.75, 3.05) is 5.32 Å². The van der Waals surface area contributed by atoms with E-state index in [1.54, 1.807) is 24.5 Å². The molecule has 2 aromatic heterocycles. The standard InChI is InChI=1S/C9H7N3OS.ClH/c13-8(7-3-1-6-14-7)12-9-10-4-2-5-11-9;/h1-6H,(H,10,11,12,13);1H. The summed E-state index contributed by atoms with van der Waals surface area (Å²) >= 11 is 1.38. The maximum absolute atomic E-state index is 11.5. The number of carbonyl (C=O) groups is 1. The molecule has 2 rings (SSSR count). The Bertz CT molecular complexity index is 418. The number of rotatable bonds is 2. The molecule has 0 bridgehead atoms. The molecule has 6 heteroatoms. The second-order valence-corrected chi connectivity index (χ2v) is 3.45. The number of amides is 1. The summed E-state index contributed by atoms with van der Waals surface area (Å²) in [5.74, 6) is 0.150. The molecule has 0 aromatic carbocycles. The number of nitrogens with one attached hydrogen (secondary N) is 1. The summed E-state index contributed by atoms with van der Waals surface area (Å²) in [7, 11) is 0. The Labute approximate surface area is 96.8 Å². The van der Waals surface area contributed by atoms with E-state index in [0.717, 1.165) is 0 Å². The third-order valence-corrected chi connectivity index (χ3v) is 2.40. The Kier molecular flexibility index (Phi) is 4.20. The third kappa shape index (κ3) is 3.00. The van der Waals surface area contributed by atoms with E-state index in [9.17, 15) is 4.79 Å². The highest BCUT2D eigenvalue weighted by atomic mass is 35.5. The van der Waals surface area contributed by atoms with E-state index in [-0.39, 0.29) is 18.3 Å². The van der Waals surface area contributed by atoms with E-state index in [1.165, 1.54) is 11.3 Å². The van der Waals surface area contributed by atoms with Gasteiger partial charge in [0.05, 0.1) is 4.88 Å².